The quantitative estimate of drug-likeness (QED) is 0.688. The molecule has 0 saturated carbocycles. The van der Waals surface area contributed by atoms with Crippen LogP contribution >= 0.6 is 0 Å². The van der Waals surface area contributed by atoms with Crippen molar-refractivity contribution >= 4 is 17.6 Å². The van der Waals surface area contributed by atoms with Crippen LogP contribution in [0, 0.1) is 0 Å². The first kappa shape index (κ1) is 21.1. The predicted molar refractivity (Wildman–Crippen MR) is 94.0 cm³/mol. The molecule has 0 aliphatic carbocycles. The molecule has 1 amide bonds. The molecule has 0 heterocycles. The minimum atomic E-state index is -4.79. The number of hydrogen-bond donors (Lipinski definition) is 1. The topological polar surface area (TPSA) is 73.9 Å². The number of esters is 1. The lowest BCUT2D eigenvalue weighted by atomic mass is 10.2. The Morgan fingerprint density at radius 1 is 0.929 bits per heavy atom. The summed E-state index contributed by atoms with van der Waals surface area (Å²) in [6, 6.07) is 11.8. The number of rotatable bonds is 8. The first-order valence-electron chi connectivity index (χ1n) is 8.28. The summed E-state index contributed by atoms with van der Waals surface area (Å²) in [6.45, 7) is 1.10. The van der Waals surface area contributed by atoms with E-state index in [-0.39, 0.29) is 12.3 Å². The maximum Gasteiger partial charge on any atom is 0.573 e. The van der Waals surface area contributed by atoms with Crippen molar-refractivity contribution in [1.82, 2.24) is 0 Å². The SMILES string of the molecule is CCc1ccc(OCC(=O)OCC(=O)Nc2ccc(OC(F)(F)F)cc2)cc1. The van der Waals surface area contributed by atoms with Crippen LogP contribution in [0.3, 0.4) is 0 Å². The first-order valence-corrected chi connectivity index (χ1v) is 8.28. The number of benzene rings is 2. The third-order valence-electron chi connectivity index (χ3n) is 3.42. The molecule has 0 radical (unpaired) electrons. The molecule has 2 aromatic carbocycles. The summed E-state index contributed by atoms with van der Waals surface area (Å²) in [5.74, 6) is -1.30. The van der Waals surface area contributed by atoms with E-state index in [1.165, 1.54) is 12.1 Å². The van der Waals surface area contributed by atoms with Crippen molar-refractivity contribution in [2.45, 2.75) is 19.7 Å². The molecule has 0 aliphatic heterocycles. The van der Waals surface area contributed by atoms with Gasteiger partial charge in [-0.15, -0.1) is 13.2 Å². The number of alkyl halides is 3. The van der Waals surface area contributed by atoms with Gasteiger partial charge < -0.3 is 19.5 Å². The van der Waals surface area contributed by atoms with Crippen LogP contribution in [0.4, 0.5) is 18.9 Å². The van der Waals surface area contributed by atoms with Crippen LogP contribution in [0.2, 0.25) is 0 Å². The molecule has 0 bridgehead atoms. The van der Waals surface area contributed by atoms with Gasteiger partial charge in [-0.2, -0.15) is 0 Å². The zero-order valence-corrected chi connectivity index (χ0v) is 14.9. The molecule has 2 aromatic rings. The summed E-state index contributed by atoms with van der Waals surface area (Å²) < 4.78 is 50.0. The summed E-state index contributed by atoms with van der Waals surface area (Å²) in [6.07, 6.45) is -3.91. The minimum absolute atomic E-state index is 0.225. The Morgan fingerprint density at radius 2 is 1.54 bits per heavy atom. The lowest BCUT2D eigenvalue weighted by Gasteiger charge is -2.10. The maximum absolute atomic E-state index is 12.1. The lowest BCUT2D eigenvalue weighted by Crippen LogP contribution is -2.23. The second kappa shape index (κ2) is 9.63. The van der Waals surface area contributed by atoms with E-state index in [2.05, 4.69) is 10.1 Å². The number of ether oxygens (including phenoxy) is 3. The zero-order valence-electron chi connectivity index (χ0n) is 14.9. The summed E-state index contributed by atoms with van der Waals surface area (Å²) >= 11 is 0. The zero-order chi connectivity index (χ0) is 20.6. The molecular weight excluding hydrogens is 379 g/mol. The van der Waals surface area contributed by atoms with E-state index in [1.807, 2.05) is 19.1 Å². The summed E-state index contributed by atoms with van der Waals surface area (Å²) in [4.78, 5) is 23.4. The van der Waals surface area contributed by atoms with E-state index in [0.29, 0.717) is 5.75 Å². The van der Waals surface area contributed by atoms with Crippen LogP contribution in [-0.4, -0.2) is 31.5 Å². The summed E-state index contributed by atoms with van der Waals surface area (Å²) in [5, 5.41) is 2.38. The Hall–Kier alpha value is -3.23. The van der Waals surface area contributed by atoms with Gasteiger partial charge in [-0.05, 0) is 48.4 Å². The van der Waals surface area contributed by atoms with Gasteiger partial charge in [-0.25, -0.2) is 4.79 Å². The number of anilines is 1. The molecule has 0 fully saturated rings. The molecule has 0 spiro atoms. The monoisotopic (exact) mass is 397 g/mol. The smallest absolute Gasteiger partial charge is 0.482 e. The van der Waals surface area contributed by atoms with Crippen LogP contribution in [0.1, 0.15) is 12.5 Å². The van der Waals surface area contributed by atoms with E-state index < -0.39 is 30.6 Å². The maximum atomic E-state index is 12.1. The predicted octanol–water partition coefficient (Wildman–Crippen LogP) is 3.71. The molecule has 0 unspecified atom stereocenters. The highest BCUT2D eigenvalue weighted by Crippen LogP contribution is 2.23. The van der Waals surface area contributed by atoms with E-state index in [4.69, 9.17) is 9.47 Å². The van der Waals surface area contributed by atoms with Crippen molar-refractivity contribution in [3.63, 3.8) is 0 Å². The minimum Gasteiger partial charge on any atom is -0.482 e. The fraction of sp³-hybridized carbons (Fsp3) is 0.263. The number of amides is 1. The molecule has 2 rings (SSSR count). The second-order valence-corrected chi connectivity index (χ2v) is 5.57. The summed E-state index contributed by atoms with van der Waals surface area (Å²) in [7, 11) is 0. The highest BCUT2D eigenvalue weighted by atomic mass is 19.4. The van der Waals surface area contributed by atoms with Crippen molar-refractivity contribution in [3.05, 3.63) is 54.1 Å². The average molecular weight is 397 g/mol. The molecule has 0 aliphatic rings. The number of carbonyl (C=O) groups is 2. The molecule has 1 N–H and O–H groups in total. The van der Waals surface area contributed by atoms with Crippen molar-refractivity contribution in [2.75, 3.05) is 18.5 Å². The fourth-order valence-electron chi connectivity index (χ4n) is 2.09. The fourth-order valence-corrected chi connectivity index (χ4v) is 2.09. The molecule has 28 heavy (non-hydrogen) atoms. The number of carbonyl (C=O) groups excluding carboxylic acids is 2. The molecule has 6 nitrogen and oxygen atoms in total. The van der Waals surface area contributed by atoms with Crippen LogP contribution in [0.25, 0.3) is 0 Å². The van der Waals surface area contributed by atoms with Crippen molar-refractivity contribution in [2.24, 2.45) is 0 Å². The van der Waals surface area contributed by atoms with Gasteiger partial charge in [-0.1, -0.05) is 19.1 Å². The van der Waals surface area contributed by atoms with Gasteiger partial charge in [0.25, 0.3) is 5.91 Å². The Labute approximate surface area is 159 Å². The third kappa shape index (κ3) is 7.56. The second-order valence-electron chi connectivity index (χ2n) is 5.57. The van der Waals surface area contributed by atoms with Gasteiger partial charge in [-0.3, -0.25) is 4.79 Å². The average Bonchev–Trinajstić information content (AvgIpc) is 2.65. The van der Waals surface area contributed by atoms with Crippen LogP contribution in [0.15, 0.2) is 48.5 Å². The van der Waals surface area contributed by atoms with Gasteiger partial charge in [0.1, 0.15) is 11.5 Å². The third-order valence-corrected chi connectivity index (χ3v) is 3.42. The number of hydrogen-bond acceptors (Lipinski definition) is 5. The van der Waals surface area contributed by atoms with Crippen LogP contribution < -0.4 is 14.8 Å². The van der Waals surface area contributed by atoms with Gasteiger partial charge in [0, 0.05) is 5.69 Å². The standard InChI is InChI=1S/C19H18F3NO5/c1-2-13-3-7-15(8-4-13)26-12-18(25)27-11-17(24)23-14-5-9-16(10-6-14)28-19(20,21)22/h3-10H,2,11-12H2,1H3,(H,23,24). The van der Waals surface area contributed by atoms with Gasteiger partial charge in [0.05, 0.1) is 0 Å². The van der Waals surface area contributed by atoms with E-state index >= 15 is 0 Å². The van der Waals surface area contributed by atoms with Gasteiger partial charge in [0.2, 0.25) is 0 Å². The van der Waals surface area contributed by atoms with E-state index in [1.54, 1.807) is 12.1 Å². The highest BCUT2D eigenvalue weighted by molar-refractivity contribution is 5.92. The van der Waals surface area contributed by atoms with Crippen molar-refractivity contribution in [1.29, 1.82) is 0 Å². The molecular formula is C19H18F3NO5. The van der Waals surface area contributed by atoms with Crippen molar-refractivity contribution < 1.29 is 37.0 Å². The Morgan fingerprint density at radius 3 is 2.11 bits per heavy atom. The Balaban J connectivity index is 1.71. The number of halogens is 3. The Kier molecular flexibility index (Phi) is 7.25. The van der Waals surface area contributed by atoms with E-state index in [0.717, 1.165) is 24.1 Å². The largest absolute Gasteiger partial charge is 0.573 e. The van der Waals surface area contributed by atoms with Crippen LogP contribution in [-0.2, 0) is 20.7 Å². The number of nitrogens with one attached hydrogen (secondary N) is 1. The Bertz CT molecular complexity index is 789. The molecule has 150 valence electrons. The lowest BCUT2D eigenvalue weighted by molar-refractivity contribution is -0.274. The van der Waals surface area contributed by atoms with Crippen molar-refractivity contribution in [3.8, 4) is 11.5 Å². The van der Waals surface area contributed by atoms with Gasteiger partial charge >= 0.3 is 12.3 Å². The number of aryl methyl sites for hydroxylation is 1. The molecule has 9 heteroatoms. The van der Waals surface area contributed by atoms with Crippen LogP contribution in [0.5, 0.6) is 11.5 Å². The molecule has 0 saturated heterocycles. The molecule has 0 aromatic heterocycles. The summed E-state index contributed by atoms with van der Waals surface area (Å²) in [5.41, 5.74) is 1.35. The first-order chi connectivity index (χ1) is 13.2. The highest BCUT2D eigenvalue weighted by Gasteiger charge is 2.30. The van der Waals surface area contributed by atoms with Gasteiger partial charge in [0.15, 0.2) is 13.2 Å². The van der Waals surface area contributed by atoms with E-state index in [9.17, 15) is 22.8 Å². The normalized spacial score (nSPS) is 10.9. The molecule has 0 atom stereocenters.